The fourth-order valence-corrected chi connectivity index (χ4v) is 2.70. The molecule has 1 aliphatic rings. The number of hydrogen-bond donors (Lipinski definition) is 1. The van der Waals surface area contributed by atoms with Gasteiger partial charge in [-0.15, -0.1) is 0 Å². The summed E-state index contributed by atoms with van der Waals surface area (Å²) < 4.78 is 1.64. The Hall–Kier alpha value is -1.89. The van der Waals surface area contributed by atoms with E-state index in [0.29, 0.717) is 12.2 Å². The van der Waals surface area contributed by atoms with Gasteiger partial charge in [0.1, 0.15) is 5.69 Å². The van der Waals surface area contributed by atoms with Crippen LogP contribution >= 0.6 is 0 Å². The SMILES string of the molecule is CCn1cc([N+](=O)[O-])cc1C(=O)N1C(C)CNCC1C. The molecule has 7 heteroatoms. The second kappa shape index (κ2) is 5.62. The lowest BCUT2D eigenvalue weighted by Crippen LogP contribution is -2.57. The molecular formula is C13H20N4O3. The Kier molecular flexibility index (Phi) is 4.08. The number of piperazine rings is 1. The summed E-state index contributed by atoms with van der Waals surface area (Å²) in [7, 11) is 0. The average Bonchev–Trinajstić information content (AvgIpc) is 2.82. The van der Waals surface area contributed by atoms with E-state index in [1.54, 1.807) is 4.57 Å². The summed E-state index contributed by atoms with van der Waals surface area (Å²) in [5.74, 6) is -0.138. The molecule has 0 aliphatic carbocycles. The molecule has 20 heavy (non-hydrogen) atoms. The summed E-state index contributed by atoms with van der Waals surface area (Å²) in [6.45, 7) is 7.84. The van der Waals surface area contributed by atoms with Gasteiger partial charge >= 0.3 is 0 Å². The normalized spacial score (nSPS) is 22.9. The van der Waals surface area contributed by atoms with E-state index in [-0.39, 0.29) is 23.7 Å². The Morgan fingerprint density at radius 1 is 1.45 bits per heavy atom. The molecule has 0 spiro atoms. The summed E-state index contributed by atoms with van der Waals surface area (Å²) in [6.07, 6.45) is 1.42. The zero-order valence-corrected chi connectivity index (χ0v) is 12.0. The number of nitrogens with zero attached hydrogens (tertiary/aromatic N) is 3. The van der Waals surface area contributed by atoms with E-state index in [1.807, 2.05) is 25.7 Å². The maximum atomic E-state index is 12.7. The van der Waals surface area contributed by atoms with Gasteiger partial charge in [-0.3, -0.25) is 14.9 Å². The van der Waals surface area contributed by atoms with Crippen molar-refractivity contribution < 1.29 is 9.72 Å². The Labute approximate surface area is 117 Å². The van der Waals surface area contributed by atoms with Crippen LogP contribution in [0.4, 0.5) is 5.69 Å². The van der Waals surface area contributed by atoms with Crippen LogP contribution in [0.3, 0.4) is 0 Å². The van der Waals surface area contributed by atoms with E-state index in [9.17, 15) is 14.9 Å². The molecule has 0 radical (unpaired) electrons. The highest BCUT2D eigenvalue weighted by molar-refractivity contribution is 5.94. The third-order valence-corrected chi connectivity index (χ3v) is 3.72. The van der Waals surface area contributed by atoms with Gasteiger partial charge in [0.2, 0.25) is 0 Å². The number of amides is 1. The highest BCUT2D eigenvalue weighted by atomic mass is 16.6. The molecule has 0 saturated carbocycles. The zero-order chi connectivity index (χ0) is 14.9. The van der Waals surface area contributed by atoms with Crippen molar-refractivity contribution in [3.05, 3.63) is 28.1 Å². The maximum absolute atomic E-state index is 12.7. The molecule has 2 heterocycles. The fourth-order valence-electron chi connectivity index (χ4n) is 2.70. The van der Waals surface area contributed by atoms with E-state index in [2.05, 4.69) is 5.32 Å². The van der Waals surface area contributed by atoms with Crippen LogP contribution in [-0.4, -0.2) is 45.5 Å². The van der Waals surface area contributed by atoms with Gasteiger partial charge in [0.15, 0.2) is 0 Å². The van der Waals surface area contributed by atoms with Gasteiger partial charge in [-0.1, -0.05) is 0 Å². The minimum Gasteiger partial charge on any atom is -0.337 e. The van der Waals surface area contributed by atoms with Crippen molar-refractivity contribution in [2.24, 2.45) is 0 Å². The number of nitro groups is 1. The van der Waals surface area contributed by atoms with Gasteiger partial charge in [0.05, 0.1) is 11.1 Å². The Balaban J connectivity index is 2.34. The van der Waals surface area contributed by atoms with Crippen molar-refractivity contribution in [3.63, 3.8) is 0 Å². The van der Waals surface area contributed by atoms with E-state index in [4.69, 9.17) is 0 Å². The largest absolute Gasteiger partial charge is 0.337 e. The van der Waals surface area contributed by atoms with Crippen molar-refractivity contribution >= 4 is 11.6 Å². The van der Waals surface area contributed by atoms with Crippen molar-refractivity contribution in [2.75, 3.05) is 13.1 Å². The third-order valence-electron chi connectivity index (χ3n) is 3.72. The van der Waals surface area contributed by atoms with Crippen LogP contribution in [0.15, 0.2) is 12.3 Å². The molecule has 2 unspecified atom stereocenters. The molecule has 7 nitrogen and oxygen atoms in total. The van der Waals surface area contributed by atoms with Gasteiger partial charge < -0.3 is 14.8 Å². The van der Waals surface area contributed by atoms with Crippen LogP contribution in [0.5, 0.6) is 0 Å². The molecule has 1 N–H and O–H groups in total. The third kappa shape index (κ3) is 2.53. The van der Waals surface area contributed by atoms with Gasteiger partial charge in [-0.2, -0.15) is 0 Å². The predicted molar refractivity (Wildman–Crippen MR) is 74.7 cm³/mol. The molecule has 2 atom stereocenters. The molecule has 1 aromatic heterocycles. The molecule has 2 rings (SSSR count). The number of nitrogens with one attached hydrogen (secondary N) is 1. The monoisotopic (exact) mass is 280 g/mol. The fraction of sp³-hybridized carbons (Fsp3) is 0.615. The predicted octanol–water partition coefficient (Wildman–Crippen LogP) is 1.24. The molecule has 1 aliphatic heterocycles. The number of rotatable bonds is 3. The summed E-state index contributed by atoms with van der Waals surface area (Å²) in [4.78, 5) is 24.9. The van der Waals surface area contributed by atoms with Crippen molar-refractivity contribution in [1.82, 2.24) is 14.8 Å². The average molecular weight is 280 g/mol. The Morgan fingerprint density at radius 2 is 2.05 bits per heavy atom. The second-order valence-electron chi connectivity index (χ2n) is 5.20. The molecular weight excluding hydrogens is 260 g/mol. The molecule has 1 amide bonds. The lowest BCUT2D eigenvalue weighted by Gasteiger charge is -2.39. The van der Waals surface area contributed by atoms with E-state index < -0.39 is 4.92 Å². The molecule has 110 valence electrons. The highest BCUT2D eigenvalue weighted by Gasteiger charge is 2.32. The van der Waals surface area contributed by atoms with Crippen LogP contribution in [0.25, 0.3) is 0 Å². The van der Waals surface area contributed by atoms with Gasteiger partial charge in [-0.25, -0.2) is 0 Å². The first kappa shape index (κ1) is 14.5. The lowest BCUT2D eigenvalue weighted by molar-refractivity contribution is -0.384. The van der Waals surface area contributed by atoms with Crippen molar-refractivity contribution in [3.8, 4) is 0 Å². The van der Waals surface area contributed by atoms with Crippen molar-refractivity contribution in [1.29, 1.82) is 0 Å². The molecule has 0 aromatic carbocycles. The number of aryl methyl sites for hydroxylation is 1. The maximum Gasteiger partial charge on any atom is 0.287 e. The molecule has 1 saturated heterocycles. The van der Waals surface area contributed by atoms with Crippen LogP contribution in [0.2, 0.25) is 0 Å². The Morgan fingerprint density at radius 3 is 2.55 bits per heavy atom. The summed E-state index contributed by atoms with van der Waals surface area (Å²) in [5, 5.41) is 14.1. The van der Waals surface area contributed by atoms with Gasteiger partial charge in [0, 0.05) is 37.8 Å². The van der Waals surface area contributed by atoms with Crippen LogP contribution in [0, 0.1) is 10.1 Å². The van der Waals surface area contributed by atoms with Crippen LogP contribution < -0.4 is 5.32 Å². The molecule has 1 fully saturated rings. The lowest BCUT2D eigenvalue weighted by atomic mass is 10.1. The van der Waals surface area contributed by atoms with Crippen LogP contribution in [-0.2, 0) is 6.54 Å². The first-order valence-electron chi connectivity index (χ1n) is 6.83. The minimum atomic E-state index is -0.465. The molecule has 0 bridgehead atoms. The first-order valence-corrected chi connectivity index (χ1v) is 6.83. The summed E-state index contributed by atoms with van der Waals surface area (Å²) in [6, 6.07) is 1.52. The quantitative estimate of drug-likeness (QED) is 0.667. The highest BCUT2D eigenvalue weighted by Crippen LogP contribution is 2.21. The number of carbonyl (C=O) groups is 1. The second-order valence-corrected chi connectivity index (χ2v) is 5.20. The summed E-state index contributed by atoms with van der Waals surface area (Å²) >= 11 is 0. The number of hydrogen-bond acceptors (Lipinski definition) is 4. The minimum absolute atomic E-state index is 0.0364. The van der Waals surface area contributed by atoms with Crippen molar-refractivity contribution in [2.45, 2.75) is 39.4 Å². The first-order chi connectivity index (χ1) is 9.45. The number of carbonyl (C=O) groups excluding carboxylic acids is 1. The topological polar surface area (TPSA) is 80.4 Å². The van der Waals surface area contributed by atoms with Gasteiger partial charge in [-0.05, 0) is 20.8 Å². The standard InChI is InChI=1S/C13H20N4O3/c1-4-15-8-11(17(19)20)5-12(15)13(18)16-9(2)6-14-7-10(16)3/h5,8-10,14H,4,6-7H2,1-3H3. The smallest absolute Gasteiger partial charge is 0.287 e. The molecule has 1 aromatic rings. The summed E-state index contributed by atoms with van der Waals surface area (Å²) in [5.41, 5.74) is 0.352. The van der Waals surface area contributed by atoms with Gasteiger partial charge in [0.25, 0.3) is 11.6 Å². The van der Waals surface area contributed by atoms with E-state index in [1.165, 1.54) is 12.3 Å². The van der Waals surface area contributed by atoms with Crippen LogP contribution in [0.1, 0.15) is 31.3 Å². The Bertz CT molecular complexity index is 516. The van der Waals surface area contributed by atoms with E-state index >= 15 is 0 Å². The van der Waals surface area contributed by atoms with E-state index in [0.717, 1.165) is 13.1 Å². The zero-order valence-electron chi connectivity index (χ0n) is 12.0. The number of aromatic nitrogens is 1.